The molecule has 0 unspecified atom stereocenters. The number of benzene rings is 1. The van der Waals surface area contributed by atoms with Crippen molar-refractivity contribution in [2.24, 2.45) is 0 Å². The maximum Gasteiger partial charge on any atom is 0.147 e. The van der Waals surface area contributed by atoms with Gasteiger partial charge in [0.05, 0.1) is 20.8 Å². The third kappa shape index (κ3) is 2.94. The number of aliphatic hydroxyl groups is 1. The molecule has 0 saturated heterocycles. The summed E-state index contributed by atoms with van der Waals surface area (Å²) in [5, 5.41) is 9.01. The second-order valence-electron chi connectivity index (χ2n) is 3.57. The van der Waals surface area contributed by atoms with Gasteiger partial charge in [-0.1, -0.05) is 0 Å². The highest BCUT2D eigenvalue weighted by Gasteiger charge is 2.12. The number of nitrogens with zero attached hydrogens (tertiary/aromatic N) is 1. The number of nitrogens with two attached hydrogens (primary N) is 1. The summed E-state index contributed by atoms with van der Waals surface area (Å²) in [7, 11) is 3.13. The molecule has 0 aliphatic rings. The van der Waals surface area contributed by atoms with Crippen molar-refractivity contribution in [3.63, 3.8) is 0 Å². The third-order valence-electron chi connectivity index (χ3n) is 2.65. The van der Waals surface area contributed by atoms with E-state index in [9.17, 15) is 0 Å². The number of methoxy groups -OCH3 is 2. The van der Waals surface area contributed by atoms with Crippen LogP contribution in [0.4, 0.5) is 11.4 Å². The quantitative estimate of drug-likeness (QED) is 0.729. The predicted octanol–water partition coefficient (Wildman–Crippen LogP) is 1.10. The number of aliphatic hydroxyl groups excluding tert-OH is 1. The van der Waals surface area contributed by atoms with E-state index in [1.54, 1.807) is 14.2 Å². The lowest BCUT2D eigenvalue weighted by Gasteiger charge is -2.23. The molecule has 0 atom stereocenters. The molecule has 0 aromatic heterocycles. The van der Waals surface area contributed by atoms with E-state index in [1.807, 2.05) is 24.0 Å². The van der Waals surface area contributed by atoms with Gasteiger partial charge in [0.15, 0.2) is 0 Å². The van der Waals surface area contributed by atoms with Crippen molar-refractivity contribution in [2.45, 2.75) is 6.92 Å². The predicted molar refractivity (Wildman–Crippen MR) is 68.9 cm³/mol. The van der Waals surface area contributed by atoms with E-state index in [0.29, 0.717) is 23.7 Å². The summed E-state index contributed by atoms with van der Waals surface area (Å²) < 4.78 is 10.4. The minimum Gasteiger partial charge on any atom is -0.494 e. The van der Waals surface area contributed by atoms with Crippen LogP contribution in [0, 0.1) is 0 Å². The Morgan fingerprint density at radius 1 is 1.24 bits per heavy atom. The van der Waals surface area contributed by atoms with E-state index in [4.69, 9.17) is 20.3 Å². The van der Waals surface area contributed by atoms with Crippen LogP contribution in [0.3, 0.4) is 0 Å². The lowest BCUT2D eigenvalue weighted by molar-refractivity contribution is 0.302. The normalized spacial score (nSPS) is 10.1. The van der Waals surface area contributed by atoms with Crippen molar-refractivity contribution in [1.82, 2.24) is 0 Å². The van der Waals surface area contributed by atoms with Gasteiger partial charge >= 0.3 is 0 Å². The first-order valence-electron chi connectivity index (χ1n) is 5.55. The molecule has 1 rings (SSSR count). The smallest absolute Gasteiger partial charge is 0.147 e. The molecule has 3 N–H and O–H groups in total. The van der Waals surface area contributed by atoms with Crippen LogP contribution in [-0.4, -0.2) is 39.0 Å². The van der Waals surface area contributed by atoms with Crippen LogP contribution in [0.2, 0.25) is 0 Å². The van der Waals surface area contributed by atoms with Gasteiger partial charge < -0.3 is 25.2 Å². The number of ether oxygens (including phenoxy) is 2. The van der Waals surface area contributed by atoms with Crippen molar-refractivity contribution in [1.29, 1.82) is 0 Å². The lowest BCUT2D eigenvalue weighted by Crippen LogP contribution is -2.26. The molecule has 0 spiro atoms. The molecule has 1 aromatic rings. The second kappa shape index (κ2) is 6.20. The van der Waals surface area contributed by atoms with Gasteiger partial charge in [-0.3, -0.25) is 0 Å². The largest absolute Gasteiger partial charge is 0.494 e. The first-order chi connectivity index (χ1) is 8.17. The molecule has 1 aromatic carbocycles. The van der Waals surface area contributed by atoms with Gasteiger partial charge in [0, 0.05) is 30.9 Å². The van der Waals surface area contributed by atoms with E-state index in [-0.39, 0.29) is 6.61 Å². The Morgan fingerprint density at radius 2 is 1.76 bits per heavy atom. The van der Waals surface area contributed by atoms with Crippen LogP contribution in [0.25, 0.3) is 0 Å². The Labute approximate surface area is 102 Å². The van der Waals surface area contributed by atoms with Gasteiger partial charge in [0.1, 0.15) is 17.2 Å². The molecule has 0 aliphatic heterocycles. The highest BCUT2D eigenvalue weighted by atomic mass is 16.5. The Hall–Kier alpha value is -1.62. The Kier molecular flexibility index (Phi) is 4.90. The van der Waals surface area contributed by atoms with Gasteiger partial charge in [-0.15, -0.1) is 0 Å². The molecular weight excluding hydrogens is 220 g/mol. The van der Waals surface area contributed by atoms with Crippen LogP contribution in [0.15, 0.2) is 12.1 Å². The fourth-order valence-electron chi connectivity index (χ4n) is 1.70. The van der Waals surface area contributed by atoms with Gasteiger partial charge in [0.2, 0.25) is 0 Å². The summed E-state index contributed by atoms with van der Waals surface area (Å²) in [6.45, 7) is 3.47. The molecule has 0 bridgehead atoms. The Bertz CT molecular complexity index is 344. The topological polar surface area (TPSA) is 68.0 Å². The summed E-state index contributed by atoms with van der Waals surface area (Å²) in [4.78, 5) is 2.02. The summed E-state index contributed by atoms with van der Waals surface area (Å²) in [5.41, 5.74) is 7.28. The average Bonchev–Trinajstić information content (AvgIpc) is 2.36. The van der Waals surface area contributed by atoms with E-state index in [0.717, 1.165) is 12.2 Å². The van der Waals surface area contributed by atoms with E-state index >= 15 is 0 Å². The van der Waals surface area contributed by atoms with Crippen molar-refractivity contribution in [2.75, 3.05) is 44.5 Å². The minimum absolute atomic E-state index is 0.100. The summed E-state index contributed by atoms with van der Waals surface area (Å²) in [6, 6.07) is 3.69. The number of hydrogen-bond acceptors (Lipinski definition) is 5. The van der Waals surface area contributed by atoms with E-state index < -0.39 is 0 Å². The van der Waals surface area contributed by atoms with Crippen molar-refractivity contribution >= 4 is 11.4 Å². The van der Waals surface area contributed by atoms with Crippen molar-refractivity contribution < 1.29 is 14.6 Å². The fraction of sp³-hybridized carbons (Fsp3) is 0.500. The molecule has 0 amide bonds. The monoisotopic (exact) mass is 240 g/mol. The summed E-state index contributed by atoms with van der Waals surface area (Å²) in [6.07, 6.45) is 0. The van der Waals surface area contributed by atoms with E-state index in [2.05, 4.69) is 0 Å². The molecule has 96 valence electrons. The Balaban J connectivity index is 3.15. The van der Waals surface area contributed by atoms with Crippen LogP contribution in [0.5, 0.6) is 11.5 Å². The standard InChI is InChI=1S/C12H20N2O3/c1-4-14(5-6-15)9-7-10(16-2)12(13)11(8-9)17-3/h7-8,15H,4-6,13H2,1-3H3. The maximum atomic E-state index is 9.01. The molecule has 5 nitrogen and oxygen atoms in total. The Morgan fingerprint density at radius 3 is 2.12 bits per heavy atom. The molecular formula is C12H20N2O3. The zero-order valence-corrected chi connectivity index (χ0v) is 10.6. The molecule has 17 heavy (non-hydrogen) atoms. The second-order valence-corrected chi connectivity index (χ2v) is 3.57. The van der Waals surface area contributed by atoms with Crippen LogP contribution >= 0.6 is 0 Å². The SMILES string of the molecule is CCN(CCO)c1cc(OC)c(N)c(OC)c1. The number of likely N-dealkylation sites (N-methyl/N-ethyl adjacent to an activating group) is 1. The number of nitrogen functional groups attached to an aromatic ring is 1. The van der Waals surface area contributed by atoms with Gasteiger partial charge in [-0.05, 0) is 6.92 Å². The number of hydrogen-bond donors (Lipinski definition) is 2. The van der Waals surface area contributed by atoms with Gasteiger partial charge in [-0.2, -0.15) is 0 Å². The van der Waals surface area contributed by atoms with E-state index in [1.165, 1.54) is 0 Å². The van der Waals surface area contributed by atoms with Crippen molar-refractivity contribution in [3.05, 3.63) is 12.1 Å². The minimum atomic E-state index is 0.100. The highest BCUT2D eigenvalue weighted by molar-refractivity contribution is 5.70. The molecule has 0 heterocycles. The average molecular weight is 240 g/mol. The number of rotatable bonds is 6. The van der Waals surface area contributed by atoms with Crippen LogP contribution < -0.4 is 20.1 Å². The molecule has 0 aliphatic carbocycles. The third-order valence-corrected chi connectivity index (χ3v) is 2.65. The maximum absolute atomic E-state index is 9.01. The first kappa shape index (κ1) is 13.4. The lowest BCUT2D eigenvalue weighted by atomic mass is 10.2. The molecule has 5 heteroatoms. The van der Waals surface area contributed by atoms with Gasteiger partial charge in [0.25, 0.3) is 0 Å². The fourth-order valence-corrected chi connectivity index (χ4v) is 1.70. The first-order valence-corrected chi connectivity index (χ1v) is 5.55. The molecule has 0 fully saturated rings. The summed E-state index contributed by atoms with van der Waals surface area (Å²) >= 11 is 0. The van der Waals surface area contributed by atoms with Crippen molar-refractivity contribution in [3.8, 4) is 11.5 Å². The summed E-state index contributed by atoms with van der Waals surface area (Å²) in [5.74, 6) is 1.16. The number of anilines is 2. The van der Waals surface area contributed by atoms with Crippen LogP contribution in [0.1, 0.15) is 6.92 Å². The highest BCUT2D eigenvalue weighted by Crippen LogP contribution is 2.36. The van der Waals surface area contributed by atoms with Crippen LogP contribution in [-0.2, 0) is 0 Å². The molecule has 0 saturated carbocycles. The van der Waals surface area contributed by atoms with Gasteiger partial charge in [-0.25, -0.2) is 0 Å². The zero-order valence-electron chi connectivity index (χ0n) is 10.6. The molecule has 0 radical (unpaired) electrons. The zero-order chi connectivity index (χ0) is 12.8.